The van der Waals surface area contributed by atoms with Crippen LogP contribution < -0.4 is 0 Å². The maximum absolute atomic E-state index is 12.5. The van der Waals surface area contributed by atoms with Gasteiger partial charge >= 0.3 is 39.1 Å². The molecule has 0 atom stereocenters. The summed E-state index contributed by atoms with van der Waals surface area (Å²) < 4.78 is 1.66. The van der Waals surface area contributed by atoms with Crippen LogP contribution in [-0.2, 0) is 40.1 Å². The van der Waals surface area contributed by atoms with Gasteiger partial charge in [0.15, 0.2) is 0 Å². The van der Waals surface area contributed by atoms with Crippen molar-refractivity contribution in [3.8, 4) is 0 Å². The first-order valence-corrected chi connectivity index (χ1v) is 23.0. The normalized spacial score (nSPS) is 13.1. The summed E-state index contributed by atoms with van der Waals surface area (Å²) in [5.41, 5.74) is 25.5. The molecular weight excluding hydrogens is 663 g/mol. The summed E-state index contributed by atoms with van der Waals surface area (Å²) >= 11 is 1.82. The first-order valence-electron chi connectivity index (χ1n) is 21.6. The van der Waals surface area contributed by atoms with E-state index in [-0.39, 0.29) is 0 Å². The van der Waals surface area contributed by atoms with Crippen LogP contribution in [0.15, 0.2) is 47.5 Å². The third-order valence-corrected chi connectivity index (χ3v) is 11.2. The molecule has 2 aromatic rings. The topological polar surface area (TPSA) is 25.3 Å². The van der Waals surface area contributed by atoms with Crippen LogP contribution in [0.3, 0.4) is 0 Å². The summed E-state index contributed by atoms with van der Waals surface area (Å²) in [6, 6.07) is 14.5. The number of nitrogens with zero attached hydrogens (tertiary/aromatic N) is 2. The van der Waals surface area contributed by atoms with Crippen molar-refractivity contribution in [1.29, 1.82) is 0 Å². The molecule has 0 N–H and O–H groups in total. The zero-order valence-corrected chi connectivity index (χ0v) is 35.6. The van der Waals surface area contributed by atoms with Gasteiger partial charge in [-0.1, -0.05) is 118 Å². The third kappa shape index (κ3) is 15.9. The van der Waals surface area contributed by atoms with Gasteiger partial charge in [0, 0.05) is 22.3 Å². The van der Waals surface area contributed by atoms with E-state index in [1.54, 1.807) is 4.70 Å². The Kier molecular flexibility index (Phi) is 24.4. The molecule has 0 saturated carbocycles. The van der Waals surface area contributed by atoms with Gasteiger partial charge in [-0.3, -0.25) is 0 Å². The van der Waals surface area contributed by atoms with E-state index >= 15 is 0 Å². The summed E-state index contributed by atoms with van der Waals surface area (Å²) in [4.78, 5) is 0. The van der Waals surface area contributed by atoms with Gasteiger partial charge in [-0.15, -0.1) is 0 Å². The monoisotopic (exact) mass is 741 g/mol. The number of allylic oxidation sites excluding steroid dienone is 2. The molecule has 3 rings (SSSR count). The molecule has 0 spiro atoms. The van der Waals surface area contributed by atoms with Crippen LogP contribution in [0.25, 0.3) is 16.9 Å². The molecule has 1 heterocycles. The average Bonchev–Trinajstić information content (AvgIpc) is 3.42. The van der Waals surface area contributed by atoms with E-state index in [0.29, 0.717) is 0 Å². The van der Waals surface area contributed by atoms with Gasteiger partial charge in [0.2, 0.25) is 11.4 Å². The quantitative estimate of drug-likeness (QED) is 0.0521. The molecule has 2 aromatic carbocycles. The van der Waals surface area contributed by atoms with Gasteiger partial charge in [-0.05, 0) is 124 Å². The number of rotatable bonds is 26. The van der Waals surface area contributed by atoms with Crippen LogP contribution in [-0.4, -0.2) is 4.70 Å². The summed E-state index contributed by atoms with van der Waals surface area (Å²) in [7, 11) is 0. The predicted octanol–water partition coefficient (Wildman–Crippen LogP) is 16.1. The van der Waals surface area contributed by atoms with Crippen LogP contribution in [0.1, 0.15) is 204 Å². The van der Waals surface area contributed by atoms with Crippen molar-refractivity contribution in [3.05, 3.63) is 86.5 Å². The minimum absolute atomic E-state index is 1.03. The molecule has 290 valence electrons. The fourth-order valence-electron chi connectivity index (χ4n) is 7.28. The molecule has 1 aliphatic rings. The standard InChI is InChI=1S/C44H68N2.2C2H5.Ni/c1-7-13-19-20-21-22-28-42-41(27-18-12-6)43(39-31-35(23-14-8-2)29-36(32-39)24-15-9-3)46(45)44(42)40-33-37(25-16-10-4)30-38(34-40)26-17-11-5;2*1-2;/h29-34H,7-28H2,1-6H3;2*1H2,2H3;. The van der Waals surface area contributed by atoms with Crippen LogP contribution >= 0.6 is 0 Å². The van der Waals surface area contributed by atoms with Crippen LogP contribution in [0.4, 0.5) is 0 Å². The first kappa shape index (κ1) is 45.2. The van der Waals surface area contributed by atoms with E-state index in [9.17, 15) is 5.53 Å². The van der Waals surface area contributed by atoms with Crippen molar-refractivity contribution in [1.82, 2.24) is 0 Å². The average molecular weight is 742 g/mol. The van der Waals surface area contributed by atoms with Gasteiger partial charge in [0.1, 0.15) is 0 Å². The Bertz CT molecular complexity index is 1280. The molecule has 0 unspecified atom stereocenters. The number of hydrogen-bond acceptors (Lipinski definition) is 0. The van der Waals surface area contributed by atoms with Crippen molar-refractivity contribution in [2.45, 2.75) is 207 Å². The number of hydrogen-bond donors (Lipinski definition) is 0. The Morgan fingerprint density at radius 3 is 1.04 bits per heavy atom. The third-order valence-electron chi connectivity index (χ3n) is 10.2. The van der Waals surface area contributed by atoms with Crippen LogP contribution in [0, 0.1) is 0 Å². The zero-order chi connectivity index (χ0) is 37.3. The Hall–Kier alpha value is -1.99. The first-order chi connectivity index (χ1) is 24.9. The molecule has 1 aliphatic heterocycles. The van der Waals surface area contributed by atoms with Gasteiger partial charge in [-0.25, -0.2) is 4.70 Å². The van der Waals surface area contributed by atoms with Gasteiger partial charge < -0.3 is 5.53 Å². The Morgan fingerprint density at radius 1 is 0.392 bits per heavy atom. The van der Waals surface area contributed by atoms with Gasteiger partial charge in [0.05, 0.1) is 0 Å². The van der Waals surface area contributed by atoms with Crippen molar-refractivity contribution >= 4 is 11.4 Å². The molecule has 0 aromatic heterocycles. The predicted molar refractivity (Wildman–Crippen MR) is 223 cm³/mol. The Labute approximate surface area is 323 Å². The van der Waals surface area contributed by atoms with E-state index < -0.39 is 0 Å². The minimum atomic E-state index is 1.03. The van der Waals surface area contributed by atoms with E-state index in [1.165, 1.54) is 145 Å². The number of unbranched alkanes of at least 4 members (excludes halogenated alkanes) is 10. The molecule has 3 heteroatoms. The molecule has 2 nitrogen and oxygen atoms in total. The fourth-order valence-corrected chi connectivity index (χ4v) is 7.77. The van der Waals surface area contributed by atoms with E-state index in [2.05, 4.69) is 91.8 Å². The number of benzene rings is 2. The summed E-state index contributed by atoms with van der Waals surface area (Å²) in [5, 5.41) is 2.56. The SMILES string of the molecule is CCCCCCCCC1=C(c2cc(CCCC)cc(CCCC)c2)[N+](=[N-])C(c2cc(CCCC)cc(CCCC)c2)=C1CCCC.C[CH2][Ni][CH2]C. The molecule has 0 bridgehead atoms. The molecule has 0 fully saturated rings. The molecule has 0 radical (unpaired) electrons. The second kappa shape index (κ2) is 27.6. The fraction of sp³-hybridized carbons (Fsp3) is 0.667. The van der Waals surface area contributed by atoms with Crippen molar-refractivity contribution in [3.63, 3.8) is 0 Å². The Balaban J connectivity index is 0.00000168. The number of aryl methyl sites for hydroxylation is 4. The molecule has 0 amide bonds. The maximum atomic E-state index is 12.5. The van der Waals surface area contributed by atoms with Gasteiger partial charge in [-0.2, -0.15) is 0 Å². The molecule has 51 heavy (non-hydrogen) atoms. The van der Waals surface area contributed by atoms with Crippen molar-refractivity contribution in [2.24, 2.45) is 0 Å². The second-order valence-corrected chi connectivity index (χ2v) is 16.6. The van der Waals surface area contributed by atoms with Crippen molar-refractivity contribution in [2.75, 3.05) is 0 Å². The zero-order valence-electron chi connectivity index (χ0n) is 34.6. The van der Waals surface area contributed by atoms with E-state index in [0.717, 1.165) is 62.8 Å². The second-order valence-electron chi connectivity index (χ2n) is 14.7. The van der Waals surface area contributed by atoms with E-state index in [1.807, 2.05) is 14.4 Å². The summed E-state index contributed by atoms with van der Waals surface area (Å²) in [6.45, 7) is 18.1. The molecule has 0 aliphatic carbocycles. The van der Waals surface area contributed by atoms with Crippen molar-refractivity contribution < 1.29 is 19.1 Å². The van der Waals surface area contributed by atoms with Crippen LogP contribution in [0.2, 0.25) is 10.8 Å². The van der Waals surface area contributed by atoms with Gasteiger partial charge in [0.25, 0.3) is 0 Å². The van der Waals surface area contributed by atoms with Crippen LogP contribution in [0.5, 0.6) is 0 Å². The molecular formula is C48H78N2Ni. The van der Waals surface area contributed by atoms with E-state index in [4.69, 9.17) is 0 Å². The summed E-state index contributed by atoms with van der Waals surface area (Å²) in [6.07, 6.45) is 26.2. The summed E-state index contributed by atoms with van der Waals surface area (Å²) in [5.74, 6) is 0. The Morgan fingerprint density at radius 2 is 0.706 bits per heavy atom. The molecule has 0 saturated heterocycles.